The van der Waals surface area contributed by atoms with E-state index in [0.717, 1.165) is 51.0 Å². The number of hydrogen-bond acceptors (Lipinski definition) is 3. The Kier molecular flexibility index (Phi) is 14.2. The van der Waals surface area contributed by atoms with Crippen molar-refractivity contribution >= 4 is 0 Å². The Morgan fingerprint density at radius 1 is 0.508 bits per heavy atom. The molecular formula is C54H45IrN8-3. The third-order valence-electron chi connectivity index (χ3n) is 10.1. The van der Waals surface area contributed by atoms with Crippen molar-refractivity contribution in [2.24, 2.45) is 14.1 Å². The van der Waals surface area contributed by atoms with Crippen molar-refractivity contribution < 1.29 is 29.2 Å². The molecule has 0 saturated heterocycles. The molecule has 10 aromatic rings. The maximum Gasteiger partial charge on any atom is 0.242 e. The summed E-state index contributed by atoms with van der Waals surface area (Å²) in [6.45, 7) is 6.00. The van der Waals surface area contributed by atoms with Crippen LogP contribution in [0.25, 0.3) is 67.9 Å². The van der Waals surface area contributed by atoms with Crippen LogP contribution in [0.15, 0.2) is 182 Å². The van der Waals surface area contributed by atoms with E-state index in [2.05, 4.69) is 198 Å². The minimum Gasteiger partial charge on any atom is -0.421 e. The van der Waals surface area contributed by atoms with Gasteiger partial charge in [0.15, 0.2) is 0 Å². The topological polar surface area (TPSA) is 70.4 Å². The van der Waals surface area contributed by atoms with E-state index in [9.17, 15) is 0 Å². The summed E-state index contributed by atoms with van der Waals surface area (Å²) in [4.78, 5) is 8.19. The van der Waals surface area contributed by atoms with Crippen LogP contribution in [0, 0.1) is 45.6 Å². The third kappa shape index (κ3) is 10.2. The van der Waals surface area contributed by atoms with Crippen molar-refractivity contribution in [3.05, 3.63) is 224 Å². The molecule has 4 aromatic heterocycles. The van der Waals surface area contributed by atoms with Gasteiger partial charge in [0.2, 0.25) is 12.7 Å². The molecule has 1 radical (unpaired) electrons. The van der Waals surface area contributed by atoms with Crippen LogP contribution < -0.4 is 14.2 Å². The van der Waals surface area contributed by atoms with Crippen molar-refractivity contribution in [3.63, 3.8) is 0 Å². The number of imidazole rings is 2. The summed E-state index contributed by atoms with van der Waals surface area (Å²) in [5, 5.41) is 7.65. The number of pyridine rings is 1. The predicted octanol–water partition coefficient (Wildman–Crippen LogP) is 9.89. The third-order valence-corrected chi connectivity index (χ3v) is 10.1. The van der Waals surface area contributed by atoms with Gasteiger partial charge in [0.1, 0.15) is 0 Å². The number of rotatable bonds is 7. The van der Waals surface area contributed by atoms with Crippen LogP contribution in [0.4, 0.5) is 0 Å². The van der Waals surface area contributed by atoms with Crippen LogP contribution in [0.5, 0.6) is 0 Å². The molecule has 0 saturated carbocycles. The molecule has 0 bridgehead atoms. The zero-order chi connectivity index (χ0) is 42.8. The quantitative estimate of drug-likeness (QED) is 0.118. The van der Waals surface area contributed by atoms with E-state index in [0.29, 0.717) is 11.6 Å². The molecular weight excluding hydrogens is 953 g/mol. The first-order valence-electron chi connectivity index (χ1n) is 20.4. The molecule has 0 atom stereocenters. The first kappa shape index (κ1) is 43.8. The molecule has 0 fully saturated rings. The fourth-order valence-electron chi connectivity index (χ4n) is 7.26. The summed E-state index contributed by atoms with van der Waals surface area (Å²) >= 11 is 0. The van der Waals surface area contributed by atoms with Crippen LogP contribution in [0.2, 0.25) is 0 Å². The van der Waals surface area contributed by atoms with Gasteiger partial charge in [0, 0.05) is 32.1 Å². The van der Waals surface area contributed by atoms with E-state index in [1.165, 1.54) is 22.3 Å². The van der Waals surface area contributed by atoms with Gasteiger partial charge in [-0.3, -0.25) is 10.1 Å². The average molecular weight is 998 g/mol. The van der Waals surface area contributed by atoms with E-state index in [1.807, 2.05) is 68.7 Å². The molecule has 0 spiro atoms. The largest absolute Gasteiger partial charge is 0.421 e. The smallest absolute Gasteiger partial charge is 0.242 e. The second kappa shape index (κ2) is 20.5. The molecule has 0 aliphatic carbocycles. The molecule has 0 aliphatic rings. The summed E-state index contributed by atoms with van der Waals surface area (Å²) in [6, 6.07) is 66.5. The van der Waals surface area contributed by atoms with Crippen LogP contribution in [-0.2, 0) is 34.2 Å². The molecule has 10 rings (SSSR count). The van der Waals surface area contributed by atoms with Crippen molar-refractivity contribution in [2.75, 3.05) is 0 Å². The second-order valence-electron chi connectivity index (χ2n) is 14.7. The molecule has 0 amide bonds. The van der Waals surface area contributed by atoms with Crippen LogP contribution >= 0.6 is 0 Å². The van der Waals surface area contributed by atoms with Crippen molar-refractivity contribution in [3.8, 4) is 67.9 Å². The zero-order valence-corrected chi connectivity index (χ0v) is 38.1. The number of hydrogen-bond donors (Lipinski definition) is 0. The Bertz CT molecular complexity index is 2830. The van der Waals surface area contributed by atoms with Gasteiger partial charge in [-0.1, -0.05) is 153 Å². The Morgan fingerprint density at radius 3 is 1.29 bits per heavy atom. The van der Waals surface area contributed by atoms with Gasteiger partial charge in [0.05, 0.1) is 42.6 Å². The van der Waals surface area contributed by atoms with E-state index >= 15 is 0 Å². The van der Waals surface area contributed by atoms with E-state index in [1.54, 1.807) is 13.1 Å². The fraction of sp³-hybridized carbons (Fsp3) is 0.0926. The van der Waals surface area contributed by atoms with Crippen molar-refractivity contribution in [1.29, 1.82) is 0 Å². The molecule has 313 valence electrons. The van der Waals surface area contributed by atoms with Gasteiger partial charge < -0.3 is 28.4 Å². The molecule has 0 unspecified atom stereocenters. The van der Waals surface area contributed by atoms with Crippen LogP contribution in [0.1, 0.15) is 17.0 Å². The first-order valence-corrected chi connectivity index (χ1v) is 20.4. The molecule has 4 heterocycles. The minimum absolute atomic E-state index is 0. The maximum absolute atomic E-state index is 4.10. The van der Waals surface area contributed by atoms with Crippen LogP contribution in [-0.4, -0.2) is 24.2 Å². The summed E-state index contributed by atoms with van der Waals surface area (Å²) in [7, 11) is 4.09. The number of benzene rings is 6. The fourth-order valence-corrected chi connectivity index (χ4v) is 7.26. The molecule has 6 aromatic carbocycles. The van der Waals surface area contributed by atoms with Gasteiger partial charge in [0.25, 0.3) is 0 Å². The summed E-state index contributed by atoms with van der Waals surface area (Å²) < 4.78 is 8.33. The molecule has 8 nitrogen and oxygen atoms in total. The molecule has 9 heteroatoms. The van der Waals surface area contributed by atoms with Crippen molar-refractivity contribution in [1.82, 2.24) is 29.3 Å². The Balaban J connectivity index is 0.000000149. The van der Waals surface area contributed by atoms with Gasteiger partial charge >= 0.3 is 0 Å². The number of aromatic nitrogens is 8. The van der Waals surface area contributed by atoms with E-state index < -0.39 is 0 Å². The molecule has 0 aliphatic heterocycles. The van der Waals surface area contributed by atoms with Gasteiger partial charge in [-0.15, -0.1) is 0 Å². The predicted molar refractivity (Wildman–Crippen MR) is 244 cm³/mol. The second-order valence-corrected chi connectivity index (χ2v) is 14.7. The monoisotopic (exact) mass is 998 g/mol. The SMILES string of the molecule is Cc1cc[c-]c(-n2[c-][n+](C)c(-c3ccccc3)c2-c2ccccc2)c1.Cc1cc[c-]c(-n2[c-][n+](C)c(-c3ccccc3)c2-c2ccccc2)c1.Cc1n[n-]c(-c2ccccn2)n1.[Ir]. The van der Waals surface area contributed by atoms with Crippen LogP contribution in [0.3, 0.4) is 0 Å². The minimum atomic E-state index is 0. The molecule has 0 N–H and O–H groups in total. The number of nitrogens with zero attached hydrogens (tertiary/aromatic N) is 8. The first-order chi connectivity index (χ1) is 30.3. The average Bonchev–Trinajstić information content (AvgIpc) is 4.02. The normalized spacial score (nSPS) is 10.5. The summed E-state index contributed by atoms with van der Waals surface area (Å²) in [6.07, 6.45) is 8.62. The Labute approximate surface area is 383 Å². The van der Waals surface area contributed by atoms with Gasteiger partial charge in [-0.2, -0.15) is 59.7 Å². The summed E-state index contributed by atoms with van der Waals surface area (Å²) in [5.41, 5.74) is 14.4. The van der Waals surface area contributed by atoms with Crippen molar-refractivity contribution in [2.45, 2.75) is 20.8 Å². The maximum atomic E-state index is 4.10. The number of aryl methyl sites for hydroxylation is 5. The Morgan fingerprint density at radius 2 is 0.921 bits per heavy atom. The Hall–Kier alpha value is -7.32. The summed E-state index contributed by atoms with van der Waals surface area (Å²) in [5.74, 6) is 1.27. The van der Waals surface area contributed by atoms with Gasteiger partial charge in [-0.25, -0.2) is 0 Å². The standard InChI is InChI=1S/2C23H19N2.C8H7N4.Ir/c2*1-18-10-9-15-21(16-18)25-17-24(2)22(19-11-5-3-6-12-19)23(25)20-13-7-4-8-14-20;1-6-10-8(12-11-6)7-4-2-3-5-9-7;/h2*3-14,16H,1-2H3;2-5H,1H3;/q3*-1;. The van der Waals surface area contributed by atoms with Gasteiger partial charge in [-0.05, 0) is 47.1 Å². The molecule has 63 heavy (non-hydrogen) atoms. The zero-order valence-electron chi connectivity index (χ0n) is 35.7. The van der Waals surface area contributed by atoms with E-state index in [4.69, 9.17) is 0 Å². The van der Waals surface area contributed by atoms with E-state index in [-0.39, 0.29) is 20.1 Å².